The molecule has 0 saturated heterocycles. The zero-order chi connectivity index (χ0) is 14.5. The molecule has 0 spiro atoms. The van der Waals surface area contributed by atoms with Crippen LogP contribution in [0.4, 0.5) is 13.2 Å². The van der Waals surface area contributed by atoms with Crippen LogP contribution in [0.25, 0.3) is 0 Å². The first kappa shape index (κ1) is 16.7. The molecule has 8 heteroatoms. The van der Waals surface area contributed by atoms with E-state index in [4.69, 9.17) is 5.11 Å². The van der Waals surface area contributed by atoms with Gasteiger partial charge < -0.3 is 5.11 Å². The van der Waals surface area contributed by atoms with E-state index in [1.807, 2.05) is 0 Å². The molecule has 1 rings (SSSR count). The van der Waals surface area contributed by atoms with Crippen LogP contribution in [0.15, 0.2) is 0 Å². The van der Waals surface area contributed by atoms with Crippen molar-refractivity contribution in [2.45, 2.75) is 38.3 Å². The van der Waals surface area contributed by atoms with Crippen molar-refractivity contribution in [1.29, 1.82) is 0 Å². The molecule has 0 aliphatic heterocycles. The van der Waals surface area contributed by atoms with Crippen LogP contribution in [-0.2, 0) is 10.0 Å². The lowest BCUT2D eigenvalue weighted by molar-refractivity contribution is -0.136. The Hall–Kier alpha value is -0.340. The van der Waals surface area contributed by atoms with Gasteiger partial charge in [0, 0.05) is 6.54 Å². The second-order valence-corrected chi connectivity index (χ2v) is 6.97. The lowest BCUT2D eigenvalue weighted by Gasteiger charge is -2.27. The molecule has 0 aromatic rings. The topological polar surface area (TPSA) is 57.6 Å². The summed E-state index contributed by atoms with van der Waals surface area (Å²) in [6.45, 7) is -2.64. The summed E-state index contributed by atoms with van der Waals surface area (Å²) in [5.41, 5.74) is 0. The normalized spacial score (nSPS) is 19.0. The van der Waals surface area contributed by atoms with Gasteiger partial charge in [-0.25, -0.2) is 8.42 Å². The molecule has 1 fully saturated rings. The lowest BCUT2D eigenvalue weighted by atomic mass is 9.91. The SMILES string of the molecule is O=S(=O)(CC1CCCCC1)N(CCO)CC(F)(F)F. The number of aliphatic hydroxyl groups is 1. The molecule has 0 heterocycles. The van der Waals surface area contributed by atoms with Crippen LogP contribution >= 0.6 is 0 Å². The van der Waals surface area contributed by atoms with Gasteiger partial charge in [0.1, 0.15) is 6.54 Å². The molecule has 4 nitrogen and oxygen atoms in total. The number of aliphatic hydroxyl groups excluding tert-OH is 1. The van der Waals surface area contributed by atoms with Crippen LogP contribution in [0.2, 0.25) is 0 Å². The average Bonchev–Trinajstić information content (AvgIpc) is 2.27. The maximum Gasteiger partial charge on any atom is 0.402 e. The smallest absolute Gasteiger partial charge is 0.395 e. The van der Waals surface area contributed by atoms with Crippen molar-refractivity contribution in [3.05, 3.63) is 0 Å². The van der Waals surface area contributed by atoms with E-state index in [0.29, 0.717) is 4.31 Å². The molecule has 0 unspecified atom stereocenters. The molecular weight excluding hydrogens is 283 g/mol. The molecule has 0 radical (unpaired) electrons. The van der Waals surface area contributed by atoms with Crippen molar-refractivity contribution in [1.82, 2.24) is 4.31 Å². The number of halogens is 3. The van der Waals surface area contributed by atoms with Gasteiger partial charge in [0.2, 0.25) is 10.0 Å². The Bertz CT molecular complexity index is 364. The van der Waals surface area contributed by atoms with Gasteiger partial charge in [-0.05, 0) is 18.8 Å². The first-order chi connectivity index (χ1) is 8.74. The van der Waals surface area contributed by atoms with Crippen LogP contribution in [0.1, 0.15) is 32.1 Å². The third-order valence-corrected chi connectivity index (χ3v) is 5.26. The average molecular weight is 303 g/mol. The molecular formula is C11H20F3NO3S. The van der Waals surface area contributed by atoms with Gasteiger partial charge in [0.25, 0.3) is 0 Å². The highest BCUT2D eigenvalue weighted by Gasteiger charge is 2.37. The van der Waals surface area contributed by atoms with Crippen LogP contribution in [-0.4, -0.2) is 49.5 Å². The molecule has 0 aromatic carbocycles. The highest BCUT2D eigenvalue weighted by atomic mass is 32.2. The molecule has 0 aromatic heterocycles. The summed E-state index contributed by atoms with van der Waals surface area (Å²) >= 11 is 0. The van der Waals surface area contributed by atoms with E-state index < -0.39 is 35.9 Å². The Balaban J connectivity index is 2.68. The largest absolute Gasteiger partial charge is 0.402 e. The van der Waals surface area contributed by atoms with E-state index in [1.54, 1.807) is 0 Å². The third-order valence-electron chi connectivity index (χ3n) is 3.27. The van der Waals surface area contributed by atoms with Gasteiger partial charge in [0.15, 0.2) is 0 Å². The molecule has 1 aliphatic carbocycles. The van der Waals surface area contributed by atoms with Gasteiger partial charge >= 0.3 is 6.18 Å². The quantitative estimate of drug-likeness (QED) is 0.813. The highest BCUT2D eigenvalue weighted by Crippen LogP contribution is 2.27. The Morgan fingerprint density at radius 2 is 1.74 bits per heavy atom. The van der Waals surface area contributed by atoms with Crippen LogP contribution in [0.3, 0.4) is 0 Å². The zero-order valence-corrected chi connectivity index (χ0v) is 11.5. The summed E-state index contributed by atoms with van der Waals surface area (Å²) in [5, 5.41) is 8.73. The maximum absolute atomic E-state index is 12.4. The second-order valence-electron chi connectivity index (χ2n) is 4.95. The Labute approximate surface area is 111 Å². The minimum Gasteiger partial charge on any atom is -0.395 e. The number of rotatable bonds is 6. The molecule has 1 aliphatic rings. The summed E-state index contributed by atoms with van der Waals surface area (Å²) < 4.78 is 61.4. The van der Waals surface area contributed by atoms with Gasteiger partial charge in [0.05, 0.1) is 12.4 Å². The summed E-state index contributed by atoms with van der Waals surface area (Å²) in [4.78, 5) is 0. The van der Waals surface area contributed by atoms with Crippen molar-refractivity contribution >= 4 is 10.0 Å². The fraction of sp³-hybridized carbons (Fsp3) is 1.00. The van der Waals surface area contributed by atoms with Crippen molar-refractivity contribution in [2.24, 2.45) is 5.92 Å². The lowest BCUT2D eigenvalue weighted by Crippen LogP contribution is -2.43. The van der Waals surface area contributed by atoms with Gasteiger partial charge in [-0.15, -0.1) is 0 Å². The Kier molecular flexibility index (Phi) is 6.07. The van der Waals surface area contributed by atoms with E-state index >= 15 is 0 Å². The standard InChI is InChI=1S/C11H20F3NO3S/c12-11(13,14)9-15(6-7-16)19(17,18)8-10-4-2-1-3-5-10/h10,16H,1-9H2. The van der Waals surface area contributed by atoms with Crippen LogP contribution in [0.5, 0.6) is 0 Å². The molecule has 1 N–H and O–H groups in total. The maximum atomic E-state index is 12.4. The second kappa shape index (κ2) is 6.90. The van der Waals surface area contributed by atoms with E-state index in [9.17, 15) is 21.6 Å². The Morgan fingerprint density at radius 3 is 2.21 bits per heavy atom. The molecule has 19 heavy (non-hydrogen) atoms. The minimum atomic E-state index is -4.59. The number of hydrogen-bond acceptors (Lipinski definition) is 3. The fourth-order valence-electron chi connectivity index (χ4n) is 2.39. The summed E-state index contributed by atoms with van der Waals surface area (Å²) in [6, 6.07) is 0. The number of sulfonamides is 1. The van der Waals surface area contributed by atoms with Gasteiger partial charge in [-0.2, -0.15) is 17.5 Å². The van der Waals surface area contributed by atoms with Crippen molar-refractivity contribution < 1.29 is 26.7 Å². The van der Waals surface area contributed by atoms with E-state index in [0.717, 1.165) is 32.1 Å². The fourth-order valence-corrected chi connectivity index (χ4v) is 4.23. The Morgan fingerprint density at radius 1 is 1.16 bits per heavy atom. The summed E-state index contributed by atoms with van der Waals surface area (Å²) in [7, 11) is -3.96. The molecule has 1 saturated carbocycles. The monoisotopic (exact) mass is 303 g/mol. The first-order valence-electron chi connectivity index (χ1n) is 6.40. The van der Waals surface area contributed by atoms with E-state index in [2.05, 4.69) is 0 Å². The van der Waals surface area contributed by atoms with Crippen LogP contribution in [0, 0.1) is 5.92 Å². The number of alkyl halides is 3. The first-order valence-corrected chi connectivity index (χ1v) is 8.01. The minimum absolute atomic E-state index is 0.0619. The predicted octanol–water partition coefficient (Wildman–Crippen LogP) is 1.75. The zero-order valence-electron chi connectivity index (χ0n) is 10.7. The van der Waals surface area contributed by atoms with Crippen molar-refractivity contribution in [3.8, 4) is 0 Å². The predicted molar refractivity (Wildman–Crippen MR) is 65.1 cm³/mol. The number of nitrogens with zero attached hydrogens (tertiary/aromatic N) is 1. The molecule has 0 bridgehead atoms. The van der Waals surface area contributed by atoms with Crippen molar-refractivity contribution in [3.63, 3.8) is 0 Å². The molecule has 0 amide bonds. The third kappa shape index (κ3) is 6.09. The van der Waals surface area contributed by atoms with Crippen molar-refractivity contribution in [2.75, 3.05) is 25.4 Å². The van der Waals surface area contributed by atoms with E-state index in [-0.39, 0.29) is 11.7 Å². The summed E-state index contributed by atoms with van der Waals surface area (Å²) in [5.74, 6) is -0.309. The summed E-state index contributed by atoms with van der Waals surface area (Å²) in [6.07, 6.45) is -0.177. The highest BCUT2D eigenvalue weighted by molar-refractivity contribution is 7.89. The van der Waals surface area contributed by atoms with Gasteiger partial charge in [-0.1, -0.05) is 19.3 Å². The van der Waals surface area contributed by atoms with E-state index in [1.165, 1.54) is 0 Å². The molecule has 0 atom stereocenters. The molecule has 114 valence electrons. The number of hydrogen-bond donors (Lipinski definition) is 1. The van der Waals surface area contributed by atoms with Gasteiger partial charge in [-0.3, -0.25) is 0 Å². The van der Waals surface area contributed by atoms with Crippen LogP contribution < -0.4 is 0 Å².